The van der Waals surface area contributed by atoms with Crippen LogP contribution < -0.4 is 11.1 Å². The van der Waals surface area contributed by atoms with E-state index >= 15 is 0 Å². The molecule has 0 aromatic carbocycles. The highest BCUT2D eigenvalue weighted by atomic mass is 19.4. The smallest absolute Gasteiger partial charge is 0.368 e. The Labute approximate surface area is 112 Å². The minimum absolute atomic E-state index is 0.0208. The predicted molar refractivity (Wildman–Crippen MR) is 67.3 cm³/mol. The average Bonchev–Trinajstić information content (AvgIpc) is 2.67. The number of hydrogen-bond acceptors (Lipinski definition) is 5. The molecule has 0 unspecified atom stereocenters. The van der Waals surface area contributed by atoms with Crippen LogP contribution in [0.2, 0.25) is 0 Å². The first-order valence-electron chi connectivity index (χ1n) is 5.81. The lowest BCUT2D eigenvalue weighted by Gasteiger charge is -2.09. The Morgan fingerprint density at radius 2 is 2.05 bits per heavy atom. The van der Waals surface area contributed by atoms with Crippen molar-refractivity contribution in [1.29, 1.82) is 0 Å². The summed E-state index contributed by atoms with van der Waals surface area (Å²) < 4.78 is 39.5. The molecule has 6 nitrogen and oxygen atoms in total. The van der Waals surface area contributed by atoms with Crippen molar-refractivity contribution in [1.82, 2.24) is 19.7 Å². The van der Waals surface area contributed by atoms with Gasteiger partial charge in [-0.3, -0.25) is 4.68 Å². The molecule has 0 aliphatic heterocycles. The summed E-state index contributed by atoms with van der Waals surface area (Å²) in [5.41, 5.74) is 5.52. The highest BCUT2D eigenvalue weighted by Crippen LogP contribution is 2.30. The molecule has 2 aromatic heterocycles. The van der Waals surface area contributed by atoms with E-state index in [4.69, 9.17) is 5.73 Å². The van der Waals surface area contributed by atoms with Crippen molar-refractivity contribution in [3.05, 3.63) is 23.7 Å². The molecule has 108 valence electrons. The standard InChI is InChI=1S/C11H13F3N6/c1-3-6-7(5-20(2)19-6)16-9-4-8(11(12,13)14)17-10(15)18-9/h4-5H,3H2,1-2H3,(H3,15,16,17,18). The van der Waals surface area contributed by atoms with Crippen molar-refractivity contribution in [3.63, 3.8) is 0 Å². The topological polar surface area (TPSA) is 81.7 Å². The highest BCUT2D eigenvalue weighted by Gasteiger charge is 2.33. The Kier molecular flexibility index (Phi) is 3.51. The molecule has 0 aliphatic rings. The van der Waals surface area contributed by atoms with E-state index in [1.807, 2.05) is 6.92 Å². The van der Waals surface area contributed by atoms with E-state index in [9.17, 15) is 13.2 Å². The van der Waals surface area contributed by atoms with Crippen molar-refractivity contribution in [2.45, 2.75) is 19.5 Å². The highest BCUT2D eigenvalue weighted by molar-refractivity contribution is 5.59. The summed E-state index contributed by atoms with van der Waals surface area (Å²) in [6, 6.07) is 0.808. The number of rotatable bonds is 3. The number of aromatic nitrogens is 4. The van der Waals surface area contributed by atoms with E-state index in [-0.39, 0.29) is 5.82 Å². The summed E-state index contributed by atoms with van der Waals surface area (Å²) >= 11 is 0. The second-order valence-electron chi connectivity index (χ2n) is 4.14. The Morgan fingerprint density at radius 3 is 2.65 bits per heavy atom. The molecule has 2 heterocycles. The van der Waals surface area contributed by atoms with Crippen molar-refractivity contribution in [3.8, 4) is 0 Å². The molecule has 0 radical (unpaired) electrons. The fourth-order valence-corrected chi connectivity index (χ4v) is 1.71. The van der Waals surface area contributed by atoms with Crippen molar-refractivity contribution >= 4 is 17.5 Å². The summed E-state index contributed by atoms with van der Waals surface area (Å²) in [7, 11) is 1.72. The van der Waals surface area contributed by atoms with Crippen molar-refractivity contribution in [2.24, 2.45) is 7.05 Å². The third-order valence-corrected chi connectivity index (χ3v) is 2.54. The second kappa shape index (κ2) is 4.99. The van der Waals surface area contributed by atoms with E-state index in [0.29, 0.717) is 12.1 Å². The summed E-state index contributed by atoms with van der Waals surface area (Å²) in [5.74, 6) is -0.461. The monoisotopic (exact) mass is 286 g/mol. The van der Waals surface area contributed by atoms with Crippen LogP contribution in [0.4, 0.5) is 30.6 Å². The maximum atomic E-state index is 12.6. The predicted octanol–water partition coefficient (Wildman–Crippen LogP) is 2.12. The van der Waals surface area contributed by atoms with Gasteiger partial charge in [0.1, 0.15) is 5.82 Å². The number of anilines is 3. The first-order valence-corrected chi connectivity index (χ1v) is 5.81. The first kappa shape index (κ1) is 14.1. The van der Waals surface area contributed by atoms with Crippen LogP contribution in [0.15, 0.2) is 12.3 Å². The van der Waals surface area contributed by atoms with Gasteiger partial charge in [0.2, 0.25) is 5.95 Å². The zero-order valence-electron chi connectivity index (χ0n) is 10.9. The van der Waals surface area contributed by atoms with Gasteiger partial charge in [-0.1, -0.05) is 6.92 Å². The number of alkyl halides is 3. The molecule has 0 atom stereocenters. The van der Waals surface area contributed by atoms with E-state index < -0.39 is 17.8 Å². The quantitative estimate of drug-likeness (QED) is 0.903. The lowest BCUT2D eigenvalue weighted by molar-refractivity contribution is -0.141. The van der Waals surface area contributed by atoms with Crippen molar-refractivity contribution < 1.29 is 13.2 Å². The summed E-state index contributed by atoms with van der Waals surface area (Å²) in [6.07, 6.45) is -2.28. The number of hydrogen-bond donors (Lipinski definition) is 2. The minimum atomic E-state index is -4.57. The molecule has 0 spiro atoms. The van der Waals surface area contributed by atoms with Gasteiger partial charge in [0, 0.05) is 19.3 Å². The zero-order valence-corrected chi connectivity index (χ0v) is 10.9. The van der Waals surface area contributed by atoms with Crippen LogP contribution in [0.1, 0.15) is 18.3 Å². The van der Waals surface area contributed by atoms with Gasteiger partial charge in [-0.2, -0.15) is 23.3 Å². The number of aryl methyl sites for hydroxylation is 2. The molecule has 0 saturated heterocycles. The normalized spacial score (nSPS) is 11.7. The van der Waals surface area contributed by atoms with E-state index in [1.54, 1.807) is 17.9 Å². The first-order chi connectivity index (χ1) is 9.29. The molecule has 2 aromatic rings. The molecule has 9 heteroatoms. The Balaban J connectivity index is 2.36. The Morgan fingerprint density at radius 1 is 1.35 bits per heavy atom. The summed E-state index contributed by atoms with van der Waals surface area (Å²) in [4.78, 5) is 6.92. The molecule has 2 rings (SSSR count). The molecule has 0 aliphatic carbocycles. The molecule has 3 N–H and O–H groups in total. The van der Waals surface area contributed by atoms with Crippen LogP contribution in [0.3, 0.4) is 0 Å². The lowest BCUT2D eigenvalue weighted by Crippen LogP contribution is -2.12. The van der Waals surface area contributed by atoms with Gasteiger partial charge in [-0.15, -0.1) is 0 Å². The minimum Gasteiger partial charge on any atom is -0.368 e. The maximum absolute atomic E-state index is 12.6. The van der Waals surface area contributed by atoms with Crippen LogP contribution in [-0.2, 0) is 19.6 Å². The molecular formula is C11H13F3N6. The fourth-order valence-electron chi connectivity index (χ4n) is 1.71. The third kappa shape index (κ3) is 2.98. The SMILES string of the molecule is CCc1nn(C)cc1Nc1cc(C(F)(F)F)nc(N)n1. The van der Waals surface area contributed by atoms with Crippen LogP contribution >= 0.6 is 0 Å². The summed E-state index contributed by atoms with van der Waals surface area (Å²) in [5, 5.41) is 6.96. The number of nitrogens with one attached hydrogen (secondary N) is 1. The second-order valence-corrected chi connectivity index (χ2v) is 4.14. The van der Waals surface area contributed by atoms with Gasteiger partial charge < -0.3 is 11.1 Å². The van der Waals surface area contributed by atoms with E-state index in [1.165, 1.54) is 0 Å². The fraction of sp³-hybridized carbons (Fsp3) is 0.364. The number of nitrogen functional groups attached to an aromatic ring is 1. The molecule has 0 saturated carbocycles. The average molecular weight is 286 g/mol. The molecule has 0 bridgehead atoms. The zero-order chi connectivity index (χ0) is 14.9. The van der Waals surface area contributed by atoms with Crippen LogP contribution in [0, 0.1) is 0 Å². The Bertz CT molecular complexity index is 619. The van der Waals surface area contributed by atoms with Crippen molar-refractivity contribution in [2.75, 3.05) is 11.1 Å². The van der Waals surface area contributed by atoms with Gasteiger partial charge >= 0.3 is 6.18 Å². The lowest BCUT2D eigenvalue weighted by atomic mass is 10.3. The van der Waals surface area contributed by atoms with E-state index in [2.05, 4.69) is 20.4 Å². The van der Waals surface area contributed by atoms with Crippen LogP contribution in [0.25, 0.3) is 0 Å². The van der Waals surface area contributed by atoms with Gasteiger partial charge in [0.05, 0.1) is 11.4 Å². The summed E-state index contributed by atoms with van der Waals surface area (Å²) in [6.45, 7) is 1.89. The molecular weight excluding hydrogens is 273 g/mol. The molecule has 20 heavy (non-hydrogen) atoms. The number of nitrogens with zero attached hydrogens (tertiary/aromatic N) is 4. The van der Waals surface area contributed by atoms with Gasteiger partial charge in [0.15, 0.2) is 5.69 Å². The third-order valence-electron chi connectivity index (χ3n) is 2.54. The number of nitrogens with two attached hydrogens (primary N) is 1. The largest absolute Gasteiger partial charge is 0.433 e. The van der Waals surface area contributed by atoms with Gasteiger partial charge in [-0.25, -0.2) is 4.98 Å². The molecule has 0 amide bonds. The van der Waals surface area contributed by atoms with Crippen LogP contribution in [0.5, 0.6) is 0 Å². The van der Waals surface area contributed by atoms with Gasteiger partial charge in [-0.05, 0) is 6.42 Å². The Hall–Kier alpha value is -2.32. The van der Waals surface area contributed by atoms with E-state index in [0.717, 1.165) is 11.8 Å². The van der Waals surface area contributed by atoms with Crippen LogP contribution in [-0.4, -0.2) is 19.7 Å². The number of halogens is 3. The van der Waals surface area contributed by atoms with Gasteiger partial charge in [0.25, 0.3) is 0 Å². The molecule has 0 fully saturated rings. The maximum Gasteiger partial charge on any atom is 0.433 e.